The van der Waals surface area contributed by atoms with Gasteiger partial charge in [-0.1, -0.05) is 49.8 Å². The van der Waals surface area contributed by atoms with E-state index in [-0.39, 0.29) is 5.41 Å². The van der Waals surface area contributed by atoms with Crippen molar-refractivity contribution in [2.24, 2.45) is 10.4 Å². The first kappa shape index (κ1) is 13.2. The molecule has 0 saturated heterocycles. The number of aliphatic imine (C=N–C) groups is 1. The van der Waals surface area contributed by atoms with Crippen LogP contribution in [0, 0.1) is 5.41 Å². The van der Waals surface area contributed by atoms with Crippen LogP contribution in [-0.2, 0) is 0 Å². The molecule has 1 aliphatic heterocycles. The van der Waals surface area contributed by atoms with Gasteiger partial charge in [0.05, 0.1) is 17.4 Å². The summed E-state index contributed by atoms with van der Waals surface area (Å²) in [5.41, 5.74) is 3.82. The molecule has 0 radical (unpaired) electrons. The van der Waals surface area contributed by atoms with Crippen LogP contribution in [0.1, 0.15) is 27.2 Å². The van der Waals surface area contributed by atoms with Gasteiger partial charge >= 0.3 is 0 Å². The standard InChI is InChI=1S/C18H22N2/c1-14-9-10-17(18(2,3)13-14)20-12-6-11-19-15-7-4-5-8-16(15)20/h4-5,7-11,13,17H,6,12H2,1-3H3. The third-order valence-corrected chi connectivity index (χ3v) is 4.16. The molecule has 0 amide bonds. The summed E-state index contributed by atoms with van der Waals surface area (Å²) < 4.78 is 0. The van der Waals surface area contributed by atoms with Gasteiger partial charge in [-0.3, -0.25) is 4.99 Å². The normalized spacial score (nSPS) is 24.1. The smallest absolute Gasteiger partial charge is 0.0859 e. The number of rotatable bonds is 1. The summed E-state index contributed by atoms with van der Waals surface area (Å²) in [4.78, 5) is 7.09. The maximum atomic E-state index is 4.59. The van der Waals surface area contributed by atoms with E-state index in [1.807, 2.05) is 6.21 Å². The van der Waals surface area contributed by atoms with Gasteiger partial charge in [0.15, 0.2) is 0 Å². The van der Waals surface area contributed by atoms with Crippen LogP contribution in [0.5, 0.6) is 0 Å². The van der Waals surface area contributed by atoms with Crippen molar-refractivity contribution >= 4 is 17.6 Å². The van der Waals surface area contributed by atoms with E-state index in [0.717, 1.165) is 18.7 Å². The Morgan fingerprint density at radius 1 is 1.25 bits per heavy atom. The molecule has 1 aliphatic carbocycles. The van der Waals surface area contributed by atoms with Crippen LogP contribution < -0.4 is 4.90 Å². The number of anilines is 1. The highest BCUT2D eigenvalue weighted by atomic mass is 15.2. The molecule has 104 valence electrons. The lowest BCUT2D eigenvalue weighted by atomic mass is 9.78. The van der Waals surface area contributed by atoms with Gasteiger partial charge in [0.1, 0.15) is 0 Å². The van der Waals surface area contributed by atoms with Crippen LogP contribution >= 0.6 is 0 Å². The lowest BCUT2D eigenvalue weighted by Gasteiger charge is -2.42. The second-order valence-electron chi connectivity index (χ2n) is 6.30. The fraction of sp³-hybridized carbons (Fsp3) is 0.389. The van der Waals surface area contributed by atoms with Crippen molar-refractivity contribution in [1.29, 1.82) is 0 Å². The third kappa shape index (κ3) is 2.31. The maximum Gasteiger partial charge on any atom is 0.0859 e. The van der Waals surface area contributed by atoms with E-state index in [1.165, 1.54) is 11.3 Å². The van der Waals surface area contributed by atoms with Gasteiger partial charge < -0.3 is 4.90 Å². The van der Waals surface area contributed by atoms with Crippen molar-refractivity contribution < 1.29 is 0 Å². The molecule has 1 atom stereocenters. The van der Waals surface area contributed by atoms with E-state index in [4.69, 9.17) is 0 Å². The molecule has 20 heavy (non-hydrogen) atoms. The Kier molecular flexibility index (Phi) is 3.25. The minimum Gasteiger partial charge on any atom is -0.362 e. The Balaban J connectivity index is 2.02. The van der Waals surface area contributed by atoms with E-state index < -0.39 is 0 Å². The fourth-order valence-electron chi connectivity index (χ4n) is 3.30. The summed E-state index contributed by atoms with van der Waals surface area (Å²) in [5, 5.41) is 0. The fourth-order valence-corrected chi connectivity index (χ4v) is 3.30. The molecule has 1 aromatic carbocycles. The molecule has 0 N–H and O–H groups in total. The Morgan fingerprint density at radius 2 is 2.05 bits per heavy atom. The van der Waals surface area contributed by atoms with Crippen LogP contribution in [-0.4, -0.2) is 18.8 Å². The van der Waals surface area contributed by atoms with Crippen LogP contribution in [0.3, 0.4) is 0 Å². The quantitative estimate of drug-likeness (QED) is 0.730. The number of benzene rings is 1. The molecule has 0 fully saturated rings. The van der Waals surface area contributed by atoms with Crippen molar-refractivity contribution in [3.8, 4) is 0 Å². The summed E-state index contributed by atoms with van der Waals surface area (Å²) in [6.07, 6.45) is 10.0. The third-order valence-electron chi connectivity index (χ3n) is 4.16. The van der Waals surface area contributed by atoms with E-state index in [9.17, 15) is 0 Å². The van der Waals surface area contributed by atoms with Crippen LogP contribution in [0.2, 0.25) is 0 Å². The average molecular weight is 266 g/mol. The van der Waals surface area contributed by atoms with E-state index in [2.05, 4.69) is 73.2 Å². The van der Waals surface area contributed by atoms with E-state index >= 15 is 0 Å². The molecule has 2 heteroatoms. The summed E-state index contributed by atoms with van der Waals surface area (Å²) in [7, 11) is 0. The molecule has 2 nitrogen and oxygen atoms in total. The van der Waals surface area contributed by atoms with Gasteiger partial charge in [-0.15, -0.1) is 0 Å². The number of para-hydroxylation sites is 2. The van der Waals surface area contributed by atoms with Crippen LogP contribution in [0.15, 0.2) is 53.1 Å². The summed E-state index contributed by atoms with van der Waals surface area (Å²) in [6.45, 7) is 7.83. The van der Waals surface area contributed by atoms with Gasteiger partial charge in [0, 0.05) is 24.6 Å². The zero-order valence-electron chi connectivity index (χ0n) is 12.5. The zero-order chi connectivity index (χ0) is 14.2. The lowest BCUT2D eigenvalue weighted by Crippen LogP contribution is -2.45. The molecular formula is C18H22N2. The lowest BCUT2D eigenvalue weighted by molar-refractivity contribution is 0.395. The second-order valence-corrected chi connectivity index (χ2v) is 6.30. The molecule has 3 rings (SSSR count). The number of nitrogens with zero attached hydrogens (tertiary/aromatic N) is 2. The SMILES string of the molecule is CC1=CC(C)(C)C(N2CCC=Nc3ccccc32)C=C1. The monoisotopic (exact) mass is 266 g/mol. The predicted molar refractivity (Wildman–Crippen MR) is 87.0 cm³/mol. The summed E-state index contributed by atoms with van der Waals surface area (Å²) in [6, 6.07) is 8.84. The molecular weight excluding hydrogens is 244 g/mol. The van der Waals surface area contributed by atoms with Gasteiger partial charge in [-0.05, 0) is 19.1 Å². The van der Waals surface area contributed by atoms with Gasteiger partial charge in [-0.25, -0.2) is 0 Å². The van der Waals surface area contributed by atoms with Gasteiger partial charge in [0.2, 0.25) is 0 Å². The van der Waals surface area contributed by atoms with Crippen molar-refractivity contribution in [3.05, 3.63) is 48.1 Å². The van der Waals surface area contributed by atoms with Crippen LogP contribution in [0.25, 0.3) is 0 Å². The van der Waals surface area contributed by atoms with Crippen molar-refractivity contribution in [3.63, 3.8) is 0 Å². The number of hydrogen-bond acceptors (Lipinski definition) is 2. The first-order chi connectivity index (χ1) is 9.58. The Bertz CT molecular complexity index is 593. The zero-order valence-corrected chi connectivity index (χ0v) is 12.5. The first-order valence-electron chi connectivity index (χ1n) is 7.34. The average Bonchev–Trinajstić information content (AvgIpc) is 2.60. The number of hydrogen-bond donors (Lipinski definition) is 0. The minimum atomic E-state index is 0.135. The minimum absolute atomic E-state index is 0.135. The number of fused-ring (bicyclic) bond motifs is 1. The Hall–Kier alpha value is -1.83. The van der Waals surface area contributed by atoms with E-state index in [0.29, 0.717) is 6.04 Å². The Morgan fingerprint density at radius 3 is 2.85 bits per heavy atom. The second kappa shape index (κ2) is 4.93. The summed E-state index contributed by atoms with van der Waals surface area (Å²) in [5.74, 6) is 0. The largest absolute Gasteiger partial charge is 0.362 e. The molecule has 1 unspecified atom stereocenters. The van der Waals surface area contributed by atoms with Gasteiger partial charge in [0.25, 0.3) is 0 Å². The van der Waals surface area contributed by atoms with E-state index in [1.54, 1.807) is 0 Å². The van der Waals surface area contributed by atoms with Crippen LogP contribution in [0.4, 0.5) is 11.4 Å². The molecule has 0 saturated carbocycles. The highest BCUT2D eigenvalue weighted by molar-refractivity contribution is 5.76. The maximum absolute atomic E-state index is 4.59. The van der Waals surface area contributed by atoms with Crippen molar-refractivity contribution in [1.82, 2.24) is 0 Å². The molecule has 1 heterocycles. The molecule has 2 aliphatic rings. The molecule has 0 aromatic heterocycles. The highest BCUT2D eigenvalue weighted by Gasteiger charge is 2.33. The molecule has 1 aromatic rings. The van der Waals surface area contributed by atoms with Crippen molar-refractivity contribution in [2.75, 3.05) is 11.4 Å². The van der Waals surface area contributed by atoms with Crippen molar-refractivity contribution in [2.45, 2.75) is 33.2 Å². The Labute approximate surface area is 121 Å². The molecule has 0 bridgehead atoms. The predicted octanol–water partition coefficient (Wildman–Crippen LogP) is 4.51. The summed E-state index contributed by atoms with van der Waals surface area (Å²) >= 11 is 0. The topological polar surface area (TPSA) is 15.6 Å². The van der Waals surface area contributed by atoms with Gasteiger partial charge in [-0.2, -0.15) is 0 Å². The number of allylic oxidation sites excluding steroid dienone is 2. The molecule has 0 spiro atoms. The first-order valence-corrected chi connectivity index (χ1v) is 7.34. The highest BCUT2D eigenvalue weighted by Crippen LogP contribution is 2.39.